The van der Waals surface area contributed by atoms with Crippen LogP contribution in [0.1, 0.15) is 41.6 Å². The van der Waals surface area contributed by atoms with E-state index >= 15 is 0 Å². The molecule has 186 valence electrons. The number of likely N-dealkylation sites (tertiary alicyclic amines) is 1. The predicted octanol–water partition coefficient (Wildman–Crippen LogP) is 3.46. The van der Waals surface area contributed by atoms with Crippen LogP contribution in [-0.2, 0) is 15.1 Å². The Labute approximate surface area is 204 Å². The predicted molar refractivity (Wildman–Crippen MR) is 131 cm³/mol. The largest absolute Gasteiger partial charge is 0.449 e. The van der Waals surface area contributed by atoms with Crippen LogP contribution in [0.25, 0.3) is 0 Å². The Kier molecular flexibility index (Phi) is 7.87. The first kappa shape index (κ1) is 24.5. The lowest BCUT2D eigenvalue weighted by Crippen LogP contribution is -2.47. The monoisotopic (exact) mass is 480 g/mol. The van der Waals surface area contributed by atoms with E-state index in [1.54, 1.807) is 29.2 Å². The number of amides is 3. The molecule has 2 heterocycles. The van der Waals surface area contributed by atoms with Crippen molar-refractivity contribution in [3.8, 4) is 0 Å². The van der Waals surface area contributed by atoms with Crippen LogP contribution < -0.4 is 16.4 Å². The van der Waals surface area contributed by atoms with E-state index in [0.717, 1.165) is 31.5 Å². The number of primary amides is 1. The summed E-state index contributed by atoms with van der Waals surface area (Å²) in [5, 5.41) is 6.00. The Bertz CT molecular complexity index is 1010. The molecule has 0 atom stereocenters. The Morgan fingerprint density at radius 2 is 1.66 bits per heavy atom. The molecule has 9 heteroatoms. The molecule has 0 bridgehead atoms. The highest BCUT2D eigenvalue weighted by Crippen LogP contribution is 2.37. The minimum Gasteiger partial charge on any atom is -0.449 e. The van der Waals surface area contributed by atoms with Crippen molar-refractivity contribution < 1.29 is 23.9 Å². The summed E-state index contributed by atoms with van der Waals surface area (Å²) in [6.07, 6.45) is 1.59. The Hall–Kier alpha value is -3.59. The lowest BCUT2D eigenvalue weighted by Gasteiger charge is -2.41. The smallest absolute Gasteiger partial charge is 0.411 e. The van der Waals surface area contributed by atoms with E-state index in [4.69, 9.17) is 15.2 Å². The van der Waals surface area contributed by atoms with Crippen LogP contribution in [0.4, 0.5) is 15.3 Å². The van der Waals surface area contributed by atoms with Crippen LogP contribution in [0.5, 0.6) is 0 Å². The molecular formula is C26H32N4O5. The lowest BCUT2D eigenvalue weighted by atomic mass is 9.84. The van der Waals surface area contributed by atoms with Gasteiger partial charge in [-0.2, -0.15) is 0 Å². The van der Waals surface area contributed by atoms with Gasteiger partial charge in [-0.1, -0.05) is 30.3 Å². The molecule has 9 nitrogen and oxygen atoms in total. The topological polar surface area (TPSA) is 123 Å². The summed E-state index contributed by atoms with van der Waals surface area (Å²) in [6.45, 7) is 3.15. The van der Waals surface area contributed by atoms with Gasteiger partial charge in [0.1, 0.15) is 5.60 Å². The van der Waals surface area contributed by atoms with Crippen LogP contribution in [-0.4, -0.2) is 55.8 Å². The van der Waals surface area contributed by atoms with Gasteiger partial charge in [0.15, 0.2) is 0 Å². The molecule has 2 aliphatic heterocycles. The third-order valence-electron chi connectivity index (χ3n) is 6.74. The van der Waals surface area contributed by atoms with Crippen LogP contribution in [0.2, 0.25) is 0 Å². The van der Waals surface area contributed by atoms with Crippen LogP contribution in [0, 0.1) is 5.92 Å². The second kappa shape index (κ2) is 11.2. The maximum Gasteiger partial charge on any atom is 0.411 e. The first-order valence-electron chi connectivity index (χ1n) is 12.0. The summed E-state index contributed by atoms with van der Waals surface area (Å²) >= 11 is 0. The minimum atomic E-state index is -0.841. The number of nitrogens with one attached hydrogen (secondary N) is 2. The molecule has 0 unspecified atom stereocenters. The fourth-order valence-corrected chi connectivity index (χ4v) is 4.73. The number of hydrogen-bond donors (Lipinski definition) is 3. The summed E-state index contributed by atoms with van der Waals surface area (Å²) in [5.41, 5.74) is 6.46. The number of benzene rings is 2. The van der Waals surface area contributed by atoms with E-state index in [1.807, 2.05) is 30.3 Å². The summed E-state index contributed by atoms with van der Waals surface area (Å²) in [6, 6.07) is 16.2. The van der Waals surface area contributed by atoms with Gasteiger partial charge in [-0.05, 0) is 61.7 Å². The molecule has 0 aromatic heterocycles. The zero-order chi connectivity index (χ0) is 24.7. The van der Waals surface area contributed by atoms with Gasteiger partial charge < -0.3 is 25.4 Å². The molecule has 35 heavy (non-hydrogen) atoms. The number of nitrogens with zero attached hydrogens (tertiary/aromatic N) is 1. The molecule has 0 saturated carbocycles. The van der Waals surface area contributed by atoms with E-state index in [0.29, 0.717) is 49.7 Å². The highest BCUT2D eigenvalue weighted by atomic mass is 16.6. The van der Waals surface area contributed by atoms with Gasteiger partial charge in [0.2, 0.25) is 0 Å². The highest BCUT2D eigenvalue weighted by Gasteiger charge is 2.40. The Balaban J connectivity index is 1.31. The van der Waals surface area contributed by atoms with Gasteiger partial charge in [-0.3, -0.25) is 10.1 Å². The van der Waals surface area contributed by atoms with Gasteiger partial charge in [0.25, 0.3) is 5.91 Å². The highest BCUT2D eigenvalue weighted by molar-refractivity contribution is 5.95. The van der Waals surface area contributed by atoms with E-state index in [1.165, 1.54) is 0 Å². The van der Waals surface area contributed by atoms with Crippen molar-refractivity contribution in [3.05, 3.63) is 65.7 Å². The molecule has 0 aliphatic carbocycles. The minimum absolute atomic E-state index is 0.120. The number of anilines is 1. The molecule has 2 aromatic rings. The van der Waals surface area contributed by atoms with Gasteiger partial charge in [0, 0.05) is 37.2 Å². The van der Waals surface area contributed by atoms with Crippen molar-refractivity contribution >= 4 is 23.8 Å². The number of nitrogens with two attached hydrogens (primary N) is 1. The van der Waals surface area contributed by atoms with E-state index < -0.39 is 17.8 Å². The Morgan fingerprint density at radius 1 is 1.00 bits per heavy atom. The number of rotatable bonds is 6. The van der Waals surface area contributed by atoms with Crippen LogP contribution >= 0.6 is 0 Å². The summed E-state index contributed by atoms with van der Waals surface area (Å²) in [4.78, 5) is 38.5. The van der Waals surface area contributed by atoms with Crippen molar-refractivity contribution in [1.29, 1.82) is 0 Å². The molecule has 0 radical (unpaired) electrons. The van der Waals surface area contributed by atoms with E-state index in [2.05, 4.69) is 10.6 Å². The van der Waals surface area contributed by atoms with Crippen molar-refractivity contribution in [2.75, 3.05) is 38.1 Å². The van der Waals surface area contributed by atoms with Crippen molar-refractivity contribution in [3.63, 3.8) is 0 Å². The van der Waals surface area contributed by atoms with Crippen molar-refractivity contribution in [1.82, 2.24) is 10.2 Å². The molecule has 2 fully saturated rings. The molecule has 3 amide bonds. The summed E-state index contributed by atoms with van der Waals surface area (Å²) in [5.74, 6) is 0.270. The normalized spacial score (nSPS) is 17.9. The number of ether oxygens (including phenoxy) is 2. The van der Waals surface area contributed by atoms with E-state index in [9.17, 15) is 14.4 Å². The quantitative estimate of drug-likeness (QED) is 0.582. The SMILES string of the molecule is NC(=O)OC1(c2ccccc2)CCN(C(=O)c2ccc(NC(=O)OCC3CCNCC3)cc2)CC1. The Morgan fingerprint density at radius 3 is 2.29 bits per heavy atom. The molecule has 0 spiro atoms. The van der Waals surface area contributed by atoms with Gasteiger partial charge >= 0.3 is 12.2 Å². The number of carbonyl (C=O) groups excluding carboxylic acids is 3. The fraction of sp³-hybridized carbons (Fsp3) is 0.423. The van der Waals surface area contributed by atoms with Gasteiger partial charge in [-0.15, -0.1) is 0 Å². The van der Waals surface area contributed by atoms with Crippen LogP contribution in [0.15, 0.2) is 54.6 Å². The molecular weight excluding hydrogens is 448 g/mol. The zero-order valence-corrected chi connectivity index (χ0v) is 19.7. The maximum atomic E-state index is 13.1. The molecule has 2 saturated heterocycles. The van der Waals surface area contributed by atoms with Crippen molar-refractivity contribution in [2.45, 2.75) is 31.3 Å². The number of piperidine rings is 2. The maximum absolute atomic E-state index is 13.1. The summed E-state index contributed by atoms with van der Waals surface area (Å²) in [7, 11) is 0. The fourth-order valence-electron chi connectivity index (χ4n) is 4.73. The first-order valence-corrected chi connectivity index (χ1v) is 12.0. The number of carbonyl (C=O) groups is 3. The van der Waals surface area contributed by atoms with Crippen molar-refractivity contribution in [2.24, 2.45) is 11.7 Å². The second-order valence-corrected chi connectivity index (χ2v) is 9.07. The third kappa shape index (κ3) is 6.30. The third-order valence-corrected chi connectivity index (χ3v) is 6.74. The summed E-state index contributed by atoms with van der Waals surface area (Å²) < 4.78 is 10.9. The van der Waals surface area contributed by atoms with Gasteiger partial charge in [-0.25, -0.2) is 9.59 Å². The molecule has 2 aliphatic rings. The first-order chi connectivity index (χ1) is 16.9. The molecule has 4 rings (SSSR count). The zero-order valence-electron chi connectivity index (χ0n) is 19.7. The average Bonchev–Trinajstić information content (AvgIpc) is 2.89. The second-order valence-electron chi connectivity index (χ2n) is 9.07. The standard InChI is InChI=1S/C26H32N4O5/c27-24(32)35-26(21-4-2-1-3-5-21)12-16-30(17-13-26)23(31)20-6-8-22(9-7-20)29-25(33)34-18-19-10-14-28-15-11-19/h1-9,19,28H,10-18H2,(H2,27,32)(H,29,33). The average molecular weight is 481 g/mol. The van der Waals surface area contributed by atoms with Crippen LogP contribution in [0.3, 0.4) is 0 Å². The van der Waals surface area contributed by atoms with Gasteiger partial charge in [0.05, 0.1) is 6.61 Å². The molecule has 2 aromatic carbocycles. The number of hydrogen-bond acceptors (Lipinski definition) is 6. The molecule has 4 N–H and O–H groups in total. The lowest BCUT2D eigenvalue weighted by molar-refractivity contribution is -0.0319. The van der Waals surface area contributed by atoms with E-state index in [-0.39, 0.29) is 5.91 Å².